The number of carbonyl (C=O) groups is 1. The zero-order chi connectivity index (χ0) is 20.4. The van der Waals surface area contributed by atoms with Crippen LogP contribution in [0.2, 0.25) is 0 Å². The van der Waals surface area contributed by atoms with Crippen molar-refractivity contribution in [2.45, 2.75) is 63.3 Å². The van der Waals surface area contributed by atoms with Gasteiger partial charge in [0.1, 0.15) is 0 Å². The molecule has 1 fully saturated rings. The number of aliphatic hydroxyl groups excluding tert-OH is 3. The molecule has 154 valence electrons. The van der Waals surface area contributed by atoms with E-state index in [-0.39, 0.29) is 17.7 Å². The molecule has 0 spiro atoms. The van der Waals surface area contributed by atoms with Gasteiger partial charge in [-0.05, 0) is 43.6 Å². The van der Waals surface area contributed by atoms with Crippen molar-refractivity contribution in [1.82, 2.24) is 0 Å². The second-order valence-corrected chi connectivity index (χ2v) is 7.65. The standard InChI is InChI=1S/C23H33NO4/c24-23(28)11-7-2-1-6-10-19-20(22(27)16-21(19)26)15-14-18(25)13-12-17-8-4-3-5-9-17/h1,3-6,8-9,14-15,18-22,25-27H,2,7,10-13,16H2,(H2,24,28)/b6-1?,15-14+/t18-,19+,20+,21-,22+/m0/s1. The van der Waals surface area contributed by atoms with E-state index in [9.17, 15) is 20.1 Å². The Bertz CT molecular complexity index is 643. The number of aryl methyl sites for hydroxylation is 1. The predicted molar refractivity (Wildman–Crippen MR) is 110 cm³/mol. The molecule has 1 aliphatic carbocycles. The van der Waals surface area contributed by atoms with Gasteiger partial charge in [0.05, 0.1) is 18.3 Å². The van der Waals surface area contributed by atoms with Gasteiger partial charge < -0.3 is 21.1 Å². The van der Waals surface area contributed by atoms with E-state index in [0.717, 1.165) is 19.3 Å². The topological polar surface area (TPSA) is 104 Å². The Hall–Kier alpha value is -1.95. The normalized spacial score (nSPS) is 26.2. The molecular weight excluding hydrogens is 354 g/mol. The van der Waals surface area contributed by atoms with Gasteiger partial charge in [0.15, 0.2) is 0 Å². The van der Waals surface area contributed by atoms with Crippen LogP contribution in [0.3, 0.4) is 0 Å². The number of allylic oxidation sites excluding steroid dienone is 2. The van der Waals surface area contributed by atoms with Crippen molar-refractivity contribution in [1.29, 1.82) is 0 Å². The molecule has 5 atom stereocenters. The van der Waals surface area contributed by atoms with Crippen molar-refractivity contribution < 1.29 is 20.1 Å². The number of carbonyl (C=O) groups excluding carboxylic acids is 1. The smallest absolute Gasteiger partial charge is 0.217 e. The van der Waals surface area contributed by atoms with Crippen LogP contribution < -0.4 is 5.73 Å². The summed E-state index contributed by atoms with van der Waals surface area (Å²) >= 11 is 0. The van der Waals surface area contributed by atoms with E-state index in [4.69, 9.17) is 5.73 Å². The third-order valence-electron chi connectivity index (χ3n) is 5.41. The highest BCUT2D eigenvalue weighted by molar-refractivity contribution is 5.73. The number of rotatable bonds is 11. The first kappa shape index (κ1) is 22.3. The predicted octanol–water partition coefficient (Wildman–Crippen LogP) is 2.50. The third-order valence-corrected chi connectivity index (χ3v) is 5.41. The Kier molecular flexibility index (Phi) is 9.41. The second kappa shape index (κ2) is 11.8. The highest BCUT2D eigenvalue weighted by Crippen LogP contribution is 2.36. The molecule has 0 bridgehead atoms. The minimum Gasteiger partial charge on any atom is -0.393 e. The number of unbranched alkanes of at least 4 members (excludes halogenated alkanes) is 1. The molecule has 5 nitrogen and oxygen atoms in total. The van der Waals surface area contributed by atoms with Crippen molar-refractivity contribution in [2.24, 2.45) is 17.6 Å². The third kappa shape index (κ3) is 7.58. The summed E-state index contributed by atoms with van der Waals surface area (Å²) in [7, 11) is 0. The second-order valence-electron chi connectivity index (χ2n) is 7.65. The van der Waals surface area contributed by atoms with Crippen LogP contribution in [0, 0.1) is 11.8 Å². The maximum Gasteiger partial charge on any atom is 0.217 e. The number of hydrogen-bond donors (Lipinski definition) is 4. The van der Waals surface area contributed by atoms with Crippen LogP contribution in [-0.2, 0) is 11.2 Å². The lowest BCUT2D eigenvalue weighted by atomic mass is 9.89. The molecular formula is C23H33NO4. The Morgan fingerprint density at radius 3 is 2.64 bits per heavy atom. The van der Waals surface area contributed by atoms with Gasteiger partial charge in [-0.25, -0.2) is 0 Å². The summed E-state index contributed by atoms with van der Waals surface area (Å²) in [6.07, 6.45) is 10.2. The molecule has 1 saturated carbocycles. The van der Waals surface area contributed by atoms with Gasteiger partial charge in [-0.1, -0.05) is 54.6 Å². The maximum atomic E-state index is 10.7. The van der Waals surface area contributed by atoms with E-state index in [1.807, 2.05) is 48.6 Å². The van der Waals surface area contributed by atoms with Crippen LogP contribution in [0.4, 0.5) is 0 Å². The largest absolute Gasteiger partial charge is 0.393 e. The van der Waals surface area contributed by atoms with Crippen LogP contribution in [0.25, 0.3) is 0 Å². The van der Waals surface area contributed by atoms with Gasteiger partial charge in [0.25, 0.3) is 0 Å². The zero-order valence-electron chi connectivity index (χ0n) is 16.4. The lowest BCUT2D eigenvalue weighted by Crippen LogP contribution is -2.20. The first-order valence-corrected chi connectivity index (χ1v) is 10.2. The quantitative estimate of drug-likeness (QED) is 0.346. The minimum absolute atomic E-state index is 0.0695. The van der Waals surface area contributed by atoms with E-state index < -0.39 is 18.3 Å². The Labute approximate surface area is 167 Å². The average molecular weight is 388 g/mol. The Morgan fingerprint density at radius 2 is 1.93 bits per heavy atom. The van der Waals surface area contributed by atoms with E-state index in [1.165, 1.54) is 5.56 Å². The van der Waals surface area contributed by atoms with Crippen molar-refractivity contribution in [3.05, 3.63) is 60.2 Å². The zero-order valence-corrected chi connectivity index (χ0v) is 16.4. The summed E-state index contributed by atoms with van der Waals surface area (Å²) in [5.41, 5.74) is 6.30. The van der Waals surface area contributed by atoms with Gasteiger partial charge in [0, 0.05) is 18.8 Å². The summed E-state index contributed by atoms with van der Waals surface area (Å²) < 4.78 is 0. The molecule has 1 aliphatic rings. The minimum atomic E-state index is -0.596. The highest BCUT2D eigenvalue weighted by Gasteiger charge is 2.39. The van der Waals surface area contributed by atoms with Crippen LogP contribution in [-0.4, -0.2) is 39.5 Å². The van der Waals surface area contributed by atoms with Gasteiger partial charge in [-0.15, -0.1) is 0 Å². The van der Waals surface area contributed by atoms with Crippen molar-refractivity contribution in [3.63, 3.8) is 0 Å². The number of hydrogen-bond acceptors (Lipinski definition) is 4. The summed E-state index contributed by atoms with van der Waals surface area (Å²) in [5.74, 6) is -0.532. The average Bonchev–Trinajstić information content (AvgIpc) is 2.94. The summed E-state index contributed by atoms with van der Waals surface area (Å²) in [6, 6.07) is 10.0. The van der Waals surface area contributed by atoms with Gasteiger partial charge in [0.2, 0.25) is 5.91 Å². The lowest BCUT2D eigenvalue weighted by Gasteiger charge is -2.19. The summed E-state index contributed by atoms with van der Waals surface area (Å²) in [5, 5.41) is 30.8. The van der Waals surface area contributed by atoms with Gasteiger partial charge in [-0.2, -0.15) is 0 Å². The monoisotopic (exact) mass is 387 g/mol. The highest BCUT2D eigenvalue weighted by atomic mass is 16.3. The number of primary amides is 1. The number of aliphatic hydroxyl groups is 3. The molecule has 5 N–H and O–H groups in total. The van der Waals surface area contributed by atoms with Gasteiger partial charge in [-0.3, -0.25) is 4.79 Å². The van der Waals surface area contributed by atoms with Crippen LogP contribution in [0.15, 0.2) is 54.6 Å². The number of amides is 1. The number of benzene rings is 1. The van der Waals surface area contributed by atoms with Crippen LogP contribution in [0.1, 0.15) is 44.1 Å². The van der Waals surface area contributed by atoms with Crippen LogP contribution in [0.5, 0.6) is 0 Å². The summed E-state index contributed by atoms with van der Waals surface area (Å²) in [6.45, 7) is 0. The SMILES string of the molecule is NC(=O)CCCC=CC[C@@H]1[C@@H](/C=C/[C@@H](O)CCc2ccccc2)[C@H](O)C[C@@H]1O. The van der Waals surface area contributed by atoms with E-state index in [0.29, 0.717) is 25.7 Å². The molecule has 5 heteroatoms. The molecule has 28 heavy (non-hydrogen) atoms. The fourth-order valence-electron chi connectivity index (χ4n) is 3.78. The van der Waals surface area contributed by atoms with E-state index in [2.05, 4.69) is 0 Å². The van der Waals surface area contributed by atoms with Crippen molar-refractivity contribution in [2.75, 3.05) is 0 Å². The molecule has 0 unspecified atom stereocenters. The fraction of sp³-hybridized carbons (Fsp3) is 0.522. The van der Waals surface area contributed by atoms with Crippen molar-refractivity contribution >= 4 is 5.91 Å². The maximum absolute atomic E-state index is 10.7. The molecule has 1 amide bonds. The Balaban J connectivity index is 1.82. The summed E-state index contributed by atoms with van der Waals surface area (Å²) in [4.78, 5) is 10.7. The Morgan fingerprint density at radius 1 is 1.18 bits per heavy atom. The molecule has 0 heterocycles. The number of nitrogens with two attached hydrogens (primary N) is 1. The fourth-order valence-corrected chi connectivity index (χ4v) is 3.78. The molecule has 1 aromatic rings. The molecule has 1 aromatic carbocycles. The molecule has 0 aromatic heterocycles. The van der Waals surface area contributed by atoms with Crippen molar-refractivity contribution in [3.8, 4) is 0 Å². The lowest BCUT2D eigenvalue weighted by molar-refractivity contribution is -0.118. The van der Waals surface area contributed by atoms with E-state index in [1.54, 1.807) is 6.08 Å². The molecule has 0 aliphatic heterocycles. The molecule has 2 rings (SSSR count). The van der Waals surface area contributed by atoms with Crippen LogP contribution >= 0.6 is 0 Å². The first-order valence-electron chi connectivity index (χ1n) is 10.2. The first-order chi connectivity index (χ1) is 13.5. The van der Waals surface area contributed by atoms with Gasteiger partial charge >= 0.3 is 0 Å². The van der Waals surface area contributed by atoms with E-state index >= 15 is 0 Å². The molecule has 0 saturated heterocycles. The molecule has 0 radical (unpaired) electrons.